The van der Waals surface area contributed by atoms with Gasteiger partial charge in [0.25, 0.3) is 11.8 Å². The fourth-order valence-corrected chi connectivity index (χ4v) is 6.54. The van der Waals surface area contributed by atoms with Crippen LogP contribution in [0, 0.1) is 5.82 Å². The fourth-order valence-electron chi connectivity index (χ4n) is 5.48. The molecule has 0 saturated carbocycles. The highest BCUT2D eigenvalue weighted by molar-refractivity contribution is 8.04. The van der Waals surface area contributed by atoms with Gasteiger partial charge in [0.2, 0.25) is 0 Å². The first-order chi connectivity index (χ1) is 19.5. The molecule has 1 saturated heterocycles. The molecule has 2 heterocycles. The van der Waals surface area contributed by atoms with Crippen molar-refractivity contribution in [3.8, 4) is 0 Å². The Morgan fingerprint density at radius 2 is 1.82 bits per heavy atom. The van der Waals surface area contributed by atoms with Crippen LogP contribution in [0.25, 0.3) is 6.08 Å². The highest BCUT2D eigenvalue weighted by Gasteiger charge is 2.29. The van der Waals surface area contributed by atoms with Gasteiger partial charge in [0.1, 0.15) is 5.82 Å². The Kier molecular flexibility index (Phi) is 9.34. The van der Waals surface area contributed by atoms with Crippen molar-refractivity contribution in [2.45, 2.75) is 56.5 Å². The molecule has 208 valence electrons. The number of carbonyl (C=O) groups is 2. The van der Waals surface area contributed by atoms with Gasteiger partial charge in [-0.3, -0.25) is 9.59 Å². The van der Waals surface area contributed by atoms with Crippen molar-refractivity contribution < 1.29 is 14.0 Å². The van der Waals surface area contributed by atoms with E-state index in [9.17, 15) is 14.0 Å². The standard InChI is InChI=1S/C33H36FN3O2S/c1-2-28-8-5-6-20-36(28)21-7-19-35-32(38)26-15-11-24(12-16-26)22-31-33(39)37(23-25-13-17-27(34)18-14-25)29-9-3-4-10-30(29)40-31/h3-4,9-18,22,28H,2,5-8,19-21,23H2,1H3,(H,35,38)/b31-22-/t28-/m0/s1. The number of piperidine rings is 1. The number of carbonyl (C=O) groups excluding carboxylic acids is 2. The summed E-state index contributed by atoms with van der Waals surface area (Å²) >= 11 is 1.44. The number of fused-ring (bicyclic) bond motifs is 1. The minimum atomic E-state index is -0.301. The van der Waals surface area contributed by atoms with Crippen LogP contribution in [0.5, 0.6) is 0 Å². The maximum Gasteiger partial charge on any atom is 0.265 e. The van der Waals surface area contributed by atoms with Gasteiger partial charge in [0, 0.05) is 29.6 Å². The maximum absolute atomic E-state index is 13.5. The molecule has 3 aromatic carbocycles. The lowest BCUT2D eigenvalue weighted by atomic mass is 10.00. The Labute approximate surface area is 240 Å². The van der Waals surface area contributed by atoms with Crippen molar-refractivity contribution in [1.82, 2.24) is 10.2 Å². The number of nitrogens with one attached hydrogen (secondary N) is 1. The summed E-state index contributed by atoms with van der Waals surface area (Å²) in [5, 5.41) is 3.05. The quantitative estimate of drug-likeness (QED) is 0.230. The fraction of sp³-hybridized carbons (Fsp3) is 0.333. The molecule has 40 heavy (non-hydrogen) atoms. The summed E-state index contributed by atoms with van der Waals surface area (Å²) in [6.07, 6.45) is 7.89. The molecule has 2 amide bonds. The average Bonchev–Trinajstić information content (AvgIpc) is 2.99. The molecule has 0 bridgehead atoms. The zero-order valence-corrected chi connectivity index (χ0v) is 23.8. The zero-order chi connectivity index (χ0) is 27.9. The van der Waals surface area contributed by atoms with Gasteiger partial charge in [-0.15, -0.1) is 0 Å². The number of likely N-dealkylation sites (tertiary alicyclic amines) is 1. The summed E-state index contributed by atoms with van der Waals surface area (Å²) in [4.78, 5) is 32.1. The molecule has 0 aromatic heterocycles. The molecule has 0 unspecified atom stereocenters. The second kappa shape index (κ2) is 13.3. The summed E-state index contributed by atoms with van der Waals surface area (Å²) in [5.41, 5.74) is 3.16. The molecule has 0 aliphatic carbocycles. The number of nitrogens with zero attached hydrogens (tertiary/aromatic N) is 2. The molecule has 2 aliphatic rings. The minimum absolute atomic E-state index is 0.0765. The van der Waals surface area contributed by atoms with E-state index in [0.29, 0.717) is 29.6 Å². The molecule has 7 heteroatoms. The van der Waals surface area contributed by atoms with E-state index in [4.69, 9.17) is 0 Å². The second-order valence-corrected chi connectivity index (χ2v) is 11.5. The summed E-state index contributed by atoms with van der Waals surface area (Å²) < 4.78 is 13.4. The molecule has 5 rings (SSSR count). The zero-order valence-electron chi connectivity index (χ0n) is 22.9. The largest absolute Gasteiger partial charge is 0.352 e. The van der Waals surface area contributed by atoms with Crippen molar-refractivity contribution in [1.29, 1.82) is 0 Å². The van der Waals surface area contributed by atoms with Gasteiger partial charge < -0.3 is 15.1 Å². The summed E-state index contributed by atoms with van der Waals surface area (Å²) in [6, 6.07) is 22.1. The van der Waals surface area contributed by atoms with E-state index in [1.807, 2.05) is 54.6 Å². The monoisotopic (exact) mass is 557 g/mol. The van der Waals surface area contributed by atoms with Gasteiger partial charge in [-0.05, 0) is 85.8 Å². The van der Waals surface area contributed by atoms with Crippen LogP contribution in [0.3, 0.4) is 0 Å². The Bertz CT molecular complexity index is 1360. The third-order valence-electron chi connectivity index (χ3n) is 7.68. The van der Waals surface area contributed by atoms with Crippen LogP contribution >= 0.6 is 11.8 Å². The van der Waals surface area contributed by atoms with Crippen molar-refractivity contribution in [2.75, 3.05) is 24.5 Å². The first kappa shape index (κ1) is 28.1. The Morgan fingerprint density at radius 1 is 1.05 bits per heavy atom. The van der Waals surface area contributed by atoms with Gasteiger partial charge in [0.15, 0.2) is 0 Å². The van der Waals surface area contributed by atoms with Gasteiger partial charge in [-0.1, -0.05) is 61.5 Å². The van der Waals surface area contributed by atoms with Crippen LogP contribution in [0.2, 0.25) is 0 Å². The first-order valence-corrected chi connectivity index (χ1v) is 15.0. The van der Waals surface area contributed by atoms with E-state index in [2.05, 4.69) is 17.1 Å². The normalized spacial score (nSPS) is 18.6. The van der Waals surface area contributed by atoms with E-state index in [0.717, 1.165) is 34.7 Å². The van der Waals surface area contributed by atoms with E-state index >= 15 is 0 Å². The number of benzene rings is 3. The van der Waals surface area contributed by atoms with Crippen LogP contribution in [-0.2, 0) is 11.3 Å². The third-order valence-corrected chi connectivity index (χ3v) is 8.76. The van der Waals surface area contributed by atoms with Gasteiger partial charge >= 0.3 is 0 Å². The van der Waals surface area contributed by atoms with E-state index in [-0.39, 0.29) is 17.6 Å². The van der Waals surface area contributed by atoms with Crippen LogP contribution < -0.4 is 10.2 Å². The lowest BCUT2D eigenvalue weighted by molar-refractivity contribution is -0.114. The topological polar surface area (TPSA) is 52.7 Å². The van der Waals surface area contributed by atoms with Crippen molar-refractivity contribution in [3.05, 3.63) is 100 Å². The van der Waals surface area contributed by atoms with Crippen LogP contribution in [0.1, 0.15) is 60.5 Å². The van der Waals surface area contributed by atoms with Crippen LogP contribution in [-0.4, -0.2) is 42.4 Å². The number of para-hydroxylation sites is 1. The molecule has 5 nitrogen and oxygen atoms in total. The SMILES string of the molecule is CC[C@H]1CCCCN1CCCNC(=O)c1ccc(/C=C2\Sc3ccccc3N(Cc3ccc(F)cc3)C2=O)cc1. The van der Waals surface area contributed by atoms with E-state index < -0.39 is 0 Å². The predicted octanol–water partition coefficient (Wildman–Crippen LogP) is 6.89. The molecular formula is C33H36FN3O2S. The molecule has 1 fully saturated rings. The Hall–Kier alpha value is -3.42. The lowest BCUT2D eigenvalue weighted by Crippen LogP contribution is -2.40. The molecule has 1 N–H and O–H groups in total. The van der Waals surface area contributed by atoms with E-state index in [1.54, 1.807) is 17.0 Å². The number of thioether (sulfide) groups is 1. The third kappa shape index (κ3) is 6.83. The molecule has 2 aliphatic heterocycles. The smallest absolute Gasteiger partial charge is 0.265 e. The average molecular weight is 558 g/mol. The van der Waals surface area contributed by atoms with Crippen molar-refractivity contribution >= 4 is 35.3 Å². The van der Waals surface area contributed by atoms with Gasteiger partial charge in [-0.25, -0.2) is 4.39 Å². The number of halogens is 1. The molecule has 0 spiro atoms. The molecular weight excluding hydrogens is 521 g/mol. The van der Waals surface area contributed by atoms with E-state index in [1.165, 1.54) is 56.1 Å². The molecule has 0 radical (unpaired) electrons. The highest BCUT2D eigenvalue weighted by atomic mass is 32.2. The van der Waals surface area contributed by atoms with Crippen LogP contribution in [0.15, 0.2) is 82.6 Å². The highest BCUT2D eigenvalue weighted by Crippen LogP contribution is 2.42. The van der Waals surface area contributed by atoms with Crippen molar-refractivity contribution in [2.24, 2.45) is 0 Å². The van der Waals surface area contributed by atoms with Gasteiger partial charge in [-0.2, -0.15) is 0 Å². The van der Waals surface area contributed by atoms with Crippen LogP contribution in [0.4, 0.5) is 10.1 Å². The first-order valence-electron chi connectivity index (χ1n) is 14.2. The predicted molar refractivity (Wildman–Crippen MR) is 161 cm³/mol. The lowest BCUT2D eigenvalue weighted by Gasteiger charge is -2.35. The maximum atomic E-state index is 13.5. The number of amides is 2. The second-order valence-electron chi connectivity index (χ2n) is 10.4. The van der Waals surface area contributed by atoms with Gasteiger partial charge in [0.05, 0.1) is 17.1 Å². The molecule has 1 atom stereocenters. The molecule has 3 aromatic rings. The minimum Gasteiger partial charge on any atom is -0.352 e. The number of rotatable bonds is 9. The number of hydrogen-bond donors (Lipinski definition) is 1. The summed E-state index contributed by atoms with van der Waals surface area (Å²) in [7, 11) is 0. The number of hydrogen-bond acceptors (Lipinski definition) is 4. The Morgan fingerprint density at radius 3 is 2.60 bits per heavy atom. The summed E-state index contributed by atoms with van der Waals surface area (Å²) in [5.74, 6) is -0.480. The number of anilines is 1. The Balaban J connectivity index is 1.21. The van der Waals surface area contributed by atoms with Crippen molar-refractivity contribution in [3.63, 3.8) is 0 Å². The summed E-state index contributed by atoms with van der Waals surface area (Å²) in [6.45, 7) is 5.46.